The van der Waals surface area contributed by atoms with Crippen molar-refractivity contribution in [1.29, 1.82) is 0 Å². The number of carbonyl (C=O) groups is 2. The number of thiocarbonyl (C=S) groups is 1. The SMILES string of the molecule is COC(=O)c1ccccc1-n1c(C)cc(C2C(c3ccccn3)NC(=S)N2CCC(=O)Nc2ccccc2OC)c1C. The van der Waals surface area contributed by atoms with Gasteiger partial charge in [0.15, 0.2) is 5.11 Å². The molecule has 0 bridgehead atoms. The van der Waals surface area contributed by atoms with Gasteiger partial charge in [0.1, 0.15) is 5.75 Å². The number of nitrogens with one attached hydrogen (secondary N) is 2. The fraction of sp³-hybridized carbons (Fsp3) is 0.250. The number of aryl methyl sites for hydroxylation is 1. The first kappa shape index (κ1) is 28.8. The van der Waals surface area contributed by atoms with Gasteiger partial charge >= 0.3 is 5.97 Å². The zero-order valence-electron chi connectivity index (χ0n) is 24.0. The molecule has 1 aliphatic rings. The molecule has 0 spiro atoms. The highest BCUT2D eigenvalue weighted by Gasteiger charge is 2.41. The van der Waals surface area contributed by atoms with Gasteiger partial charge in [-0.1, -0.05) is 30.3 Å². The summed E-state index contributed by atoms with van der Waals surface area (Å²) in [6.07, 6.45) is 1.96. The van der Waals surface area contributed by atoms with Crippen molar-refractivity contribution in [2.75, 3.05) is 26.1 Å². The maximum absolute atomic E-state index is 13.1. The first-order chi connectivity index (χ1) is 20.3. The summed E-state index contributed by atoms with van der Waals surface area (Å²) < 4.78 is 12.5. The number of aromatic nitrogens is 2. The third kappa shape index (κ3) is 5.58. The van der Waals surface area contributed by atoms with Gasteiger partial charge in [-0.25, -0.2) is 4.79 Å². The highest BCUT2D eigenvalue weighted by molar-refractivity contribution is 7.80. The van der Waals surface area contributed by atoms with E-state index in [0.717, 1.165) is 28.3 Å². The standard InChI is InChI=1S/C32H33N5O4S/c1-20-19-23(21(2)37(20)26-14-7-5-11-22(26)31(39)41-4)30-29(25-13-9-10-17-33-25)35-32(42)36(30)18-16-28(38)34-24-12-6-8-15-27(24)40-3/h5-15,17,19,29-30H,16,18H2,1-4H3,(H,34,38)(H,35,42). The number of hydrogen-bond acceptors (Lipinski definition) is 6. The van der Waals surface area contributed by atoms with E-state index in [-0.39, 0.29) is 24.4 Å². The predicted octanol–water partition coefficient (Wildman–Crippen LogP) is 5.29. The maximum Gasteiger partial charge on any atom is 0.339 e. The second kappa shape index (κ2) is 12.4. The maximum atomic E-state index is 13.1. The molecule has 2 aromatic heterocycles. The average molecular weight is 584 g/mol. The van der Waals surface area contributed by atoms with Gasteiger partial charge in [-0.3, -0.25) is 9.78 Å². The van der Waals surface area contributed by atoms with Crippen molar-refractivity contribution in [2.45, 2.75) is 32.4 Å². The molecule has 9 nitrogen and oxygen atoms in total. The minimum Gasteiger partial charge on any atom is -0.495 e. The Morgan fingerprint density at radius 3 is 2.50 bits per heavy atom. The molecule has 5 rings (SSSR count). The molecule has 1 aliphatic heterocycles. The molecule has 0 radical (unpaired) electrons. The molecule has 10 heteroatoms. The Morgan fingerprint density at radius 1 is 1.02 bits per heavy atom. The molecule has 1 amide bonds. The highest BCUT2D eigenvalue weighted by atomic mass is 32.1. The fourth-order valence-corrected chi connectivity index (χ4v) is 5.91. The summed E-state index contributed by atoms with van der Waals surface area (Å²) in [5.74, 6) is 0.0363. The number of nitrogens with zero attached hydrogens (tertiary/aromatic N) is 3. The molecule has 0 aliphatic carbocycles. The Kier molecular flexibility index (Phi) is 8.53. The number of pyridine rings is 1. The smallest absolute Gasteiger partial charge is 0.339 e. The Balaban J connectivity index is 1.50. The molecule has 1 fully saturated rings. The van der Waals surface area contributed by atoms with Crippen LogP contribution in [0.3, 0.4) is 0 Å². The molecular weight excluding hydrogens is 550 g/mol. The van der Waals surface area contributed by atoms with Crippen molar-refractivity contribution in [2.24, 2.45) is 0 Å². The first-order valence-corrected chi connectivity index (χ1v) is 14.0. The summed E-state index contributed by atoms with van der Waals surface area (Å²) in [5, 5.41) is 6.95. The van der Waals surface area contributed by atoms with E-state index in [1.54, 1.807) is 31.5 Å². The molecule has 2 N–H and O–H groups in total. The van der Waals surface area contributed by atoms with E-state index in [4.69, 9.17) is 21.7 Å². The number of carbonyl (C=O) groups excluding carboxylic acids is 2. The van der Waals surface area contributed by atoms with Crippen LogP contribution in [0.5, 0.6) is 5.75 Å². The van der Waals surface area contributed by atoms with E-state index in [1.807, 2.05) is 62.4 Å². The van der Waals surface area contributed by atoms with Crippen LogP contribution in [0.2, 0.25) is 0 Å². The zero-order valence-corrected chi connectivity index (χ0v) is 24.8. The number of amides is 1. The monoisotopic (exact) mass is 583 g/mol. The van der Waals surface area contributed by atoms with Crippen molar-refractivity contribution in [3.05, 3.63) is 107 Å². The normalized spacial score (nSPS) is 16.2. The van der Waals surface area contributed by atoms with Crippen LogP contribution in [0.15, 0.2) is 79.0 Å². The minimum absolute atomic E-state index is 0.153. The largest absolute Gasteiger partial charge is 0.495 e. The van der Waals surface area contributed by atoms with Crippen LogP contribution in [0.4, 0.5) is 5.69 Å². The Bertz CT molecular complexity index is 1620. The predicted molar refractivity (Wildman–Crippen MR) is 165 cm³/mol. The van der Waals surface area contributed by atoms with Gasteiger partial charge in [0.2, 0.25) is 5.91 Å². The third-order valence-corrected chi connectivity index (χ3v) is 7.85. The molecule has 216 valence electrons. The van der Waals surface area contributed by atoms with Crippen LogP contribution in [0, 0.1) is 13.8 Å². The first-order valence-electron chi connectivity index (χ1n) is 13.6. The second-order valence-electron chi connectivity index (χ2n) is 9.99. The Morgan fingerprint density at radius 2 is 1.76 bits per heavy atom. The number of hydrogen-bond donors (Lipinski definition) is 2. The van der Waals surface area contributed by atoms with Gasteiger partial charge in [0.05, 0.1) is 48.9 Å². The van der Waals surface area contributed by atoms with Crippen LogP contribution in [0.1, 0.15) is 51.5 Å². The average Bonchev–Trinajstić information content (AvgIpc) is 3.50. The summed E-state index contributed by atoms with van der Waals surface area (Å²) in [5.41, 5.74) is 5.57. The number of benzene rings is 2. The number of ether oxygens (including phenoxy) is 2. The van der Waals surface area contributed by atoms with E-state index in [9.17, 15) is 9.59 Å². The summed E-state index contributed by atoms with van der Waals surface area (Å²) in [4.78, 5) is 32.4. The van der Waals surface area contributed by atoms with Crippen LogP contribution >= 0.6 is 12.2 Å². The van der Waals surface area contributed by atoms with Crippen LogP contribution in [0.25, 0.3) is 5.69 Å². The van der Waals surface area contributed by atoms with Gasteiger partial charge < -0.3 is 29.6 Å². The van der Waals surface area contributed by atoms with E-state index >= 15 is 0 Å². The Hall–Kier alpha value is -4.70. The second-order valence-corrected chi connectivity index (χ2v) is 10.4. The molecule has 2 aromatic carbocycles. The third-order valence-electron chi connectivity index (χ3n) is 7.50. The van der Waals surface area contributed by atoms with Gasteiger partial charge in [0.25, 0.3) is 0 Å². The summed E-state index contributed by atoms with van der Waals surface area (Å²) in [7, 11) is 2.95. The number of methoxy groups -OCH3 is 2. The summed E-state index contributed by atoms with van der Waals surface area (Å²) in [6.45, 7) is 4.41. The lowest BCUT2D eigenvalue weighted by atomic mass is 9.96. The van der Waals surface area contributed by atoms with E-state index in [1.165, 1.54) is 7.11 Å². The molecule has 0 saturated carbocycles. The minimum atomic E-state index is -0.405. The topological polar surface area (TPSA) is 97.7 Å². The molecule has 2 unspecified atom stereocenters. The lowest BCUT2D eigenvalue weighted by molar-refractivity contribution is -0.116. The van der Waals surface area contributed by atoms with Gasteiger partial charge in [-0.15, -0.1) is 0 Å². The number of rotatable bonds is 9. The van der Waals surface area contributed by atoms with E-state index < -0.39 is 5.97 Å². The highest BCUT2D eigenvalue weighted by Crippen LogP contribution is 2.41. The molecule has 4 aromatic rings. The zero-order chi connectivity index (χ0) is 29.8. The van der Waals surface area contributed by atoms with Gasteiger partial charge in [-0.05, 0) is 74.1 Å². The number of para-hydroxylation sites is 3. The van der Waals surface area contributed by atoms with Crippen LogP contribution in [-0.4, -0.2) is 52.2 Å². The van der Waals surface area contributed by atoms with E-state index in [0.29, 0.717) is 28.7 Å². The van der Waals surface area contributed by atoms with Crippen molar-refractivity contribution >= 4 is 34.9 Å². The van der Waals surface area contributed by atoms with Gasteiger partial charge in [-0.2, -0.15) is 0 Å². The van der Waals surface area contributed by atoms with Crippen molar-refractivity contribution in [3.8, 4) is 11.4 Å². The van der Waals surface area contributed by atoms with Gasteiger partial charge in [0, 0.05) is 30.6 Å². The van der Waals surface area contributed by atoms with Crippen molar-refractivity contribution in [1.82, 2.24) is 19.8 Å². The van der Waals surface area contributed by atoms with Crippen molar-refractivity contribution < 1.29 is 19.1 Å². The van der Waals surface area contributed by atoms with Crippen LogP contribution < -0.4 is 15.4 Å². The van der Waals surface area contributed by atoms with Crippen molar-refractivity contribution in [3.63, 3.8) is 0 Å². The summed E-state index contributed by atoms with van der Waals surface area (Å²) >= 11 is 5.83. The molecule has 3 heterocycles. The quantitative estimate of drug-likeness (QED) is 0.203. The molecule has 1 saturated heterocycles. The van der Waals surface area contributed by atoms with Crippen LogP contribution in [-0.2, 0) is 9.53 Å². The summed E-state index contributed by atoms with van der Waals surface area (Å²) in [6, 6.07) is 22.1. The lowest BCUT2D eigenvalue weighted by Gasteiger charge is -2.28. The Labute approximate surface area is 250 Å². The van der Waals surface area contributed by atoms with E-state index in [2.05, 4.69) is 31.2 Å². The number of anilines is 1. The molecule has 42 heavy (non-hydrogen) atoms. The lowest BCUT2D eigenvalue weighted by Crippen LogP contribution is -2.33. The fourth-order valence-electron chi connectivity index (χ4n) is 5.58. The number of esters is 1. The molecule has 2 atom stereocenters. The molecular formula is C32H33N5O4S.